The SMILES string of the molecule is O=C(Nc1cccc(-c2ncnc3scc(-c4ccncc4)c23)c1)c1ccc(Cl)c(C(F)(F)F)c1. The van der Waals surface area contributed by atoms with E-state index in [-0.39, 0.29) is 5.56 Å². The third-order valence-electron chi connectivity index (χ3n) is 5.29. The summed E-state index contributed by atoms with van der Waals surface area (Å²) in [5.74, 6) is -0.690. The van der Waals surface area contributed by atoms with E-state index in [0.717, 1.165) is 39.0 Å². The molecule has 0 unspecified atom stereocenters. The Labute approximate surface area is 206 Å². The van der Waals surface area contributed by atoms with Gasteiger partial charge in [-0.25, -0.2) is 9.97 Å². The van der Waals surface area contributed by atoms with Crippen molar-refractivity contribution in [1.29, 1.82) is 0 Å². The summed E-state index contributed by atoms with van der Waals surface area (Å²) in [7, 11) is 0. The number of rotatable bonds is 4. The highest BCUT2D eigenvalue weighted by Crippen LogP contribution is 2.39. The number of alkyl halides is 3. The van der Waals surface area contributed by atoms with E-state index in [9.17, 15) is 18.0 Å². The van der Waals surface area contributed by atoms with Crippen molar-refractivity contribution in [2.45, 2.75) is 6.18 Å². The first-order valence-corrected chi connectivity index (χ1v) is 11.5. The van der Waals surface area contributed by atoms with Gasteiger partial charge in [-0.15, -0.1) is 11.3 Å². The lowest BCUT2D eigenvalue weighted by Crippen LogP contribution is -2.14. The minimum absolute atomic E-state index is 0.158. The number of hydrogen-bond donors (Lipinski definition) is 1. The van der Waals surface area contributed by atoms with Gasteiger partial charge in [-0.05, 0) is 48.0 Å². The molecule has 0 radical (unpaired) electrons. The highest BCUT2D eigenvalue weighted by molar-refractivity contribution is 7.17. The molecule has 5 aromatic rings. The molecule has 0 saturated heterocycles. The number of fused-ring (bicyclic) bond motifs is 1. The Morgan fingerprint density at radius 1 is 0.971 bits per heavy atom. The maximum atomic E-state index is 13.2. The van der Waals surface area contributed by atoms with Crippen molar-refractivity contribution in [3.05, 3.63) is 94.8 Å². The fraction of sp³-hybridized carbons (Fsp3) is 0.0400. The number of carbonyl (C=O) groups is 1. The number of anilines is 1. The van der Waals surface area contributed by atoms with E-state index in [2.05, 4.69) is 20.3 Å². The first kappa shape index (κ1) is 22.9. The number of thiophene rings is 1. The van der Waals surface area contributed by atoms with Crippen LogP contribution in [0.4, 0.5) is 18.9 Å². The second-order valence-corrected chi connectivity index (χ2v) is 8.78. The summed E-state index contributed by atoms with van der Waals surface area (Å²) in [5.41, 5.74) is 2.50. The standard InChI is InChI=1S/C25H14ClF3N4OS/c26-20-5-4-16(11-19(20)25(27,28)29)23(34)33-17-3-1-2-15(10-17)22-21-18(14-6-8-30-9-7-14)12-35-24(21)32-13-31-22/h1-13H,(H,33,34). The van der Waals surface area contributed by atoms with E-state index in [1.54, 1.807) is 30.6 Å². The topological polar surface area (TPSA) is 67.8 Å². The van der Waals surface area contributed by atoms with Crippen LogP contribution < -0.4 is 5.32 Å². The highest BCUT2D eigenvalue weighted by atomic mass is 35.5. The van der Waals surface area contributed by atoms with Crippen molar-refractivity contribution >= 4 is 44.7 Å². The predicted octanol–water partition coefficient (Wildman–Crippen LogP) is 7.34. The molecule has 1 amide bonds. The summed E-state index contributed by atoms with van der Waals surface area (Å²) in [6, 6.07) is 13.8. The summed E-state index contributed by atoms with van der Waals surface area (Å²) in [6.45, 7) is 0. The van der Waals surface area contributed by atoms with Gasteiger partial charge in [0, 0.05) is 45.5 Å². The zero-order valence-corrected chi connectivity index (χ0v) is 19.2. The third kappa shape index (κ3) is 4.60. The lowest BCUT2D eigenvalue weighted by molar-refractivity contribution is -0.137. The quantitative estimate of drug-likeness (QED) is 0.274. The molecule has 35 heavy (non-hydrogen) atoms. The van der Waals surface area contributed by atoms with Gasteiger partial charge in [0.25, 0.3) is 5.91 Å². The van der Waals surface area contributed by atoms with E-state index in [4.69, 9.17) is 11.6 Å². The zero-order chi connectivity index (χ0) is 24.6. The Balaban J connectivity index is 1.50. The largest absolute Gasteiger partial charge is 0.417 e. The number of carbonyl (C=O) groups excluding carboxylic acids is 1. The number of nitrogens with one attached hydrogen (secondary N) is 1. The van der Waals surface area contributed by atoms with E-state index < -0.39 is 22.7 Å². The summed E-state index contributed by atoms with van der Waals surface area (Å²) < 4.78 is 39.6. The van der Waals surface area contributed by atoms with Crippen molar-refractivity contribution in [3.8, 4) is 22.4 Å². The van der Waals surface area contributed by atoms with Crippen molar-refractivity contribution in [3.63, 3.8) is 0 Å². The molecule has 0 fully saturated rings. The zero-order valence-electron chi connectivity index (χ0n) is 17.7. The van der Waals surface area contributed by atoms with Crippen LogP contribution in [0.15, 0.2) is 78.7 Å². The first-order valence-electron chi connectivity index (χ1n) is 10.2. The Bertz CT molecular complexity index is 1550. The van der Waals surface area contributed by atoms with Crippen LogP contribution in [0.3, 0.4) is 0 Å². The van der Waals surface area contributed by atoms with Crippen LogP contribution in [0.2, 0.25) is 5.02 Å². The van der Waals surface area contributed by atoms with Gasteiger partial charge >= 0.3 is 6.18 Å². The average Bonchev–Trinajstić information content (AvgIpc) is 3.29. The van der Waals surface area contributed by atoms with Gasteiger partial charge in [0.05, 0.1) is 16.3 Å². The Morgan fingerprint density at radius 3 is 2.54 bits per heavy atom. The van der Waals surface area contributed by atoms with Crippen molar-refractivity contribution in [1.82, 2.24) is 15.0 Å². The molecule has 3 aromatic heterocycles. The van der Waals surface area contributed by atoms with Crippen LogP contribution in [0, 0.1) is 0 Å². The summed E-state index contributed by atoms with van der Waals surface area (Å²) >= 11 is 7.15. The van der Waals surface area contributed by atoms with Gasteiger partial charge in [-0.1, -0.05) is 23.7 Å². The molecule has 0 spiro atoms. The van der Waals surface area contributed by atoms with Crippen LogP contribution in [0.5, 0.6) is 0 Å². The van der Waals surface area contributed by atoms with Crippen LogP contribution in [-0.4, -0.2) is 20.9 Å². The number of pyridine rings is 1. The minimum Gasteiger partial charge on any atom is -0.322 e. The molecule has 3 heterocycles. The molecule has 10 heteroatoms. The van der Waals surface area contributed by atoms with E-state index in [1.807, 2.05) is 23.6 Å². The van der Waals surface area contributed by atoms with Gasteiger partial charge in [-0.2, -0.15) is 13.2 Å². The normalized spacial score (nSPS) is 11.5. The van der Waals surface area contributed by atoms with E-state index in [0.29, 0.717) is 11.4 Å². The molecule has 0 aliphatic heterocycles. The molecule has 174 valence electrons. The van der Waals surface area contributed by atoms with Crippen LogP contribution in [0.1, 0.15) is 15.9 Å². The molecule has 0 atom stereocenters. The average molecular weight is 511 g/mol. The molecule has 5 nitrogen and oxygen atoms in total. The smallest absolute Gasteiger partial charge is 0.322 e. The molecule has 2 aromatic carbocycles. The number of aromatic nitrogens is 3. The van der Waals surface area contributed by atoms with Crippen molar-refractivity contribution < 1.29 is 18.0 Å². The fourth-order valence-electron chi connectivity index (χ4n) is 3.67. The van der Waals surface area contributed by atoms with E-state index >= 15 is 0 Å². The van der Waals surface area contributed by atoms with Crippen LogP contribution >= 0.6 is 22.9 Å². The number of nitrogens with zero attached hydrogens (tertiary/aromatic N) is 3. The van der Waals surface area contributed by atoms with Crippen LogP contribution in [0.25, 0.3) is 32.6 Å². The molecule has 0 bridgehead atoms. The Kier molecular flexibility index (Phi) is 5.96. The number of hydrogen-bond acceptors (Lipinski definition) is 5. The van der Waals surface area contributed by atoms with Gasteiger partial charge in [0.15, 0.2) is 0 Å². The minimum atomic E-state index is -4.67. The Hall–Kier alpha value is -3.82. The van der Waals surface area contributed by atoms with Crippen LogP contribution in [-0.2, 0) is 6.18 Å². The molecular weight excluding hydrogens is 497 g/mol. The predicted molar refractivity (Wildman–Crippen MR) is 130 cm³/mol. The van der Waals surface area contributed by atoms with Crippen molar-refractivity contribution in [2.75, 3.05) is 5.32 Å². The molecular formula is C25H14ClF3N4OS. The van der Waals surface area contributed by atoms with E-state index in [1.165, 1.54) is 23.7 Å². The number of halogens is 4. The first-order chi connectivity index (χ1) is 16.8. The number of amides is 1. The molecule has 5 rings (SSSR count). The molecule has 0 saturated carbocycles. The molecule has 1 N–H and O–H groups in total. The second kappa shape index (κ2) is 9.09. The Morgan fingerprint density at radius 2 is 1.77 bits per heavy atom. The fourth-order valence-corrected chi connectivity index (χ4v) is 4.81. The van der Waals surface area contributed by atoms with Gasteiger partial charge in [-0.3, -0.25) is 9.78 Å². The third-order valence-corrected chi connectivity index (χ3v) is 6.51. The second-order valence-electron chi connectivity index (χ2n) is 7.52. The van der Waals surface area contributed by atoms with Gasteiger partial charge in [0.2, 0.25) is 0 Å². The molecule has 0 aliphatic carbocycles. The highest BCUT2D eigenvalue weighted by Gasteiger charge is 2.33. The van der Waals surface area contributed by atoms with Gasteiger partial charge < -0.3 is 5.32 Å². The lowest BCUT2D eigenvalue weighted by Gasteiger charge is -2.12. The maximum absolute atomic E-state index is 13.2. The van der Waals surface area contributed by atoms with Gasteiger partial charge in [0.1, 0.15) is 11.2 Å². The summed E-state index contributed by atoms with van der Waals surface area (Å²) in [6.07, 6.45) is 0.222. The summed E-state index contributed by atoms with van der Waals surface area (Å²) in [4.78, 5) is 26.4. The summed E-state index contributed by atoms with van der Waals surface area (Å²) in [5, 5.41) is 5.05. The monoisotopic (exact) mass is 510 g/mol. The maximum Gasteiger partial charge on any atom is 0.417 e. The molecule has 0 aliphatic rings. The van der Waals surface area contributed by atoms with Crippen molar-refractivity contribution in [2.24, 2.45) is 0 Å². The number of benzene rings is 2. The lowest BCUT2D eigenvalue weighted by atomic mass is 10.0.